The van der Waals surface area contributed by atoms with Crippen LogP contribution in [-0.2, 0) is 20.2 Å². The maximum Gasteiger partial charge on any atom is 0.124 e. The van der Waals surface area contributed by atoms with Crippen LogP contribution in [0.2, 0.25) is 0 Å². The molecule has 0 spiro atoms. The first kappa shape index (κ1) is 13.5. The highest BCUT2D eigenvalue weighted by Crippen LogP contribution is 2.20. The number of halogens is 1. The first-order valence-corrected chi connectivity index (χ1v) is 6.28. The summed E-state index contributed by atoms with van der Waals surface area (Å²) in [5.41, 5.74) is 1.81. The number of aryl methyl sites for hydroxylation is 1. The molecule has 2 aromatic rings. The highest BCUT2D eigenvalue weighted by atomic mass is 19.1. The van der Waals surface area contributed by atoms with Crippen LogP contribution in [0.25, 0.3) is 0 Å². The van der Waals surface area contributed by atoms with E-state index in [0.29, 0.717) is 18.9 Å². The van der Waals surface area contributed by atoms with Crippen LogP contribution >= 0.6 is 0 Å². The Bertz CT molecular complexity index is 539. The van der Waals surface area contributed by atoms with Crippen molar-refractivity contribution in [3.63, 3.8) is 0 Å². The lowest BCUT2D eigenvalue weighted by molar-refractivity contribution is 0.301. The molecular weight excluding hydrogens is 245 g/mol. The topological polar surface area (TPSA) is 39.1 Å². The fourth-order valence-electron chi connectivity index (χ4n) is 1.79. The number of hydrogen-bond acceptors (Lipinski definition) is 3. The average molecular weight is 263 g/mol. The third kappa shape index (κ3) is 3.79. The molecule has 19 heavy (non-hydrogen) atoms. The average Bonchev–Trinajstić information content (AvgIpc) is 2.81. The number of hydrogen-bond donors (Lipinski definition) is 1. The summed E-state index contributed by atoms with van der Waals surface area (Å²) in [7, 11) is 1.86. The number of rotatable bonds is 6. The Morgan fingerprint density at radius 1 is 1.42 bits per heavy atom. The SMILES string of the molecule is CCNCc1cc(F)ccc1OCc1cnn(C)c1. The number of benzene rings is 1. The third-order valence-electron chi connectivity index (χ3n) is 2.74. The molecule has 2 rings (SSSR count). The van der Waals surface area contributed by atoms with Crippen LogP contribution in [0.15, 0.2) is 30.6 Å². The third-order valence-corrected chi connectivity index (χ3v) is 2.74. The van der Waals surface area contributed by atoms with E-state index in [1.807, 2.05) is 20.2 Å². The molecule has 1 aromatic carbocycles. The van der Waals surface area contributed by atoms with Crippen molar-refractivity contribution in [2.75, 3.05) is 6.54 Å². The van der Waals surface area contributed by atoms with Gasteiger partial charge in [0.2, 0.25) is 0 Å². The molecule has 0 radical (unpaired) electrons. The van der Waals surface area contributed by atoms with Gasteiger partial charge in [-0.2, -0.15) is 5.10 Å². The Hall–Kier alpha value is -1.88. The van der Waals surface area contributed by atoms with Gasteiger partial charge in [0.05, 0.1) is 6.20 Å². The molecular formula is C14H18FN3O. The van der Waals surface area contributed by atoms with Gasteiger partial charge in [0, 0.05) is 30.9 Å². The minimum atomic E-state index is -0.248. The first-order valence-electron chi connectivity index (χ1n) is 6.28. The summed E-state index contributed by atoms with van der Waals surface area (Å²) in [6.07, 6.45) is 3.65. The lowest BCUT2D eigenvalue weighted by atomic mass is 10.2. The van der Waals surface area contributed by atoms with Gasteiger partial charge in [-0.3, -0.25) is 4.68 Å². The monoisotopic (exact) mass is 263 g/mol. The lowest BCUT2D eigenvalue weighted by Crippen LogP contribution is -2.13. The fourth-order valence-corrected chi connectivity index (χ4v) is 1.79. The molecule has 0 bridgehead atoms. The van der Waals surface area contributed by atoms with Crippen molar-refractivity contribution in [1.82, 2.24) is 15.1 Å². The highest BCUT2D eigenvalue weighted by molar-refractivity contribution is 5.34. The summed E-state index contributed by atoms with van der Waals surface area (Å²) < 4.78 is 20.7. The van der Waals surface area contributed by atoms with Gasteiger partial charge in [-0.15, -0.1) is 0 Å². The van der Waals surface area contributed by atoms with Gasteiger partial charge in [0.1, 0.15) is 18.2 Å². The van der Waals surface area contributed by atoms with E-state index in [0.717, 1.165) is 17.7 Å². The molecule has 1 heterocycles. The van der Waals surface area contributed by atoms with Crippen molar-refractivity contribution in [1.29, 1.82) is 0 Å². The van der Waals surface area contributed by atoms with E-state index < -0.39 is 0 Å². The largest absolute Gasteiger partial charge is 0.488 e. The Kier molecular flexibility index (Phi) is 4.52. The zero-order valence-electron chi connectivity index (χ0n) is 11.2. The van der Waals surface area contributed by atoms with Crippen LogP contribution in [0.1, 0.15) is 18.1 Å². The summed E-state index contributed by atoms with van der Waals surface area (Å²) in [5.74, 6) is 0.452. The van der Waals surface area contributed by atoms with E-state index in [4.69, 9.17) is 4.74 Å². The second-order valence-corrected chi connectivity index (χ2v) is 4.34. The highest BCUT2D eigenvalue weighted by Gasteiger charge is 2.06. The summed E-state index contributed by atoms with van der Waals surface area (Å²) in [6.45, 7) is 3.86. The van der Waals surface area contributed by atoms with Crippen LogP contribution in [0, 0.1) is 5.82 Å². The zero-order valence-corrected chi connectivity index (χ0v) is 11.2. The molecule has 0 aliphatic carbocycles. The number of nitrogens with zero attached hydrogens (tertiary/aromatic N) is 2. The van der Waals surface area contributed by atoms with Crippen LogP contribution in [0.3, 0.4) is 0 Å². The summed E-state index contributed by atoms with van der Waals surface area (Å²) in [4.78, 5) is 0. The van der Waals surface area contributed by atoms with E-state index in [9.17, 15) is 4.39 Å². The lowest BCUT2D eigenvalue weighted by Gasteiger charge is -2.11. The summed E-state index contributed by atoms with van der Waals surface area (Å²) >= 11 is 0. The molecule has 0 saturated heterocycles. The standard InChI is InChI=1S/C14H18FN3O/c1-3-16-8-12-6-13(15)4-5-14(12)19-10-11-7-17-18(2)9-11/h4-7,9,16H,3,8,10H2,1-2H3. The predicted molar refractivity (Wildman–Crippen MR) is 71.3 cm³/mol. The van der Waals surface area contributed by atoms with E-state index in [2.05, 4.69) is 10.4 Å². The first-order chi connectivity index (χ1) is 9.19. The van der Waals surface area contributed by atoms with Crippen molar-refractivity contribution in [2.24, 2.45) is 7.05 Å². The minimum absolute atomic E-state index is 0.248. The molecule has 0 fully saturated rings. The van der Waals surface area contributed by atoms with Crippen LogP contribution < -0.4 is 10.1 Å². The van der Waals surface area contributed by atoms with Gasteiger partial charge in [-0.05, 0) is 24.7 Å². The van der Waals surface area contributed by atoms with Crippen molar-refractivity contribution in [3.8, 4) is 5.75 Å². The van der Waals surface area contributed by atoms with Crippen molar-refractivity contribution < 1.29 is 9.13 Å². The van der Waals surface area contributed by atoms with E-state index in [1.165, 1.54) is 12.1 Å². The van der Waals surface area contributed by atoms with Gasteiger partial charge in [0.25, 0.3) is 0 Å². The van der Waals surface area contributed by atoms with Crippen molar-refractivity contribution in [3.05, 3.63) is 47.5 Å². The smallest absolute Gasteiger partial charge is 0.124 e. The molecule has 0 unspecified atom stereocenters. The predicted octanol–water partition coefficient (Wildman–Crippen LogP) is 2.25. The van der Waals surface area contributed by atoms with E-state index >= 15 is 0 Å². The zero-order chi connectivity index (χ0) is 13.7. The Balaban J connectivity index is 2.05. The van der Waals surface area contributed by atoms with Crippen molar-refractivity contribution >= 4 is 0 Å². The number of aromatic nitrogens is 2. The van der Waals surface area contributed by atoms with Crippen LogP contribution in [0.5, 0.6) is 5.75 Å². The summed E-state index contributed by atoms with van der Waals surface area (Å²) in [5, 5.41) is 7.25. The Morgan fingerprint density at radius 3 is 2.95 bits per heavy atom. The molecule has 4 nitrogen and oxygen atoms in total. The van der Waals surface area contributed by atoms with E-state index in [-0.39, 0.29) is 5.82 Å². The Labute approximate surface area is 112 Å². The molecule has 5 heteroatoms. The quantitative estimate of drug-likeness (QED) is 0.868. The van der Waals surface area contributed by atoms with Gasteiger partial charge in [-0.1, -0.05) is 6.92 Å². The molecule has 1 aromatic heterocycles. The molecule has 0 atom stereocenters. The maximum absolute atomic E-state index is 13.2. The van der Waals surface area contributed by atoms with Crippen LogP contribution in [-0.4, -0.2) is 16.3 Å². The van der Waals surface area contributed by atoms with Gasteiger partial charge < -0.3 is 10.1 Å². The van der Waals surface area contributed by atoms with Crippen LogP contribution in [0.4, 0.5) is 4.39 Å². The molecule has 1 N–H and O–H groups in total. The number of ether oxygens (including phenoxy) is 1. The van der Waals surface area contributed by atoms with Gasteiger partial charge in [-0.25, -0.2) is 4.39 Å². The van der Waals surface area contributed by atoms with Crippen molar-refractivity contribution in [2.45, 2.75) is 20.1 Å². The molecule has 0 amide bonds. The molecule has 0 aliphatic heterocycles. The van der Waals surface area contributed by atoms with Gasteiger partial charge >= 0.3 is 0 Å². The minimum Gasteiger partial charge on any atom is -0.488 e. The van der Waals surface area contributed by atoms with Gasteiger partial charge in [0.15, 0.2) is 0 Å². The maximum atomic E-state index is 13.2. The molecule has 0 aliphatic rings. The summed E-state index contributed by atoms with van der Waals surface area (Å²) in [6, 6.07) is 4.58. The normalized spacial score (nSPS) is 10.7. The second kappa shape index (κ2) is 6.33. The fraction of sp³-hybridized carbons (Fsp3) is 0.357. The second-order valence-electron chi connectivity index (χ2n) is 4.34. The Morgan fingerprint density at radius 2 is 2.26 bits per heavy atom. The van der Waals surface area contributed by atoms with E-state index in [1.54, 1.807) is 16.9 Å². The molecule has 102 valence electrons. The molecule has 0 saturated carbocycles. The number of nitrogens with one attached hydrogen (secondary N) is 1.